The molecule has 3 aromatic heterocycles. The molecule has 0 spiro atoms. The van der Waals surface area contributed by atoms with Crippen molar-refractivity contribution in [2.75, 3.05) is 13.1 Å². The average molecular weight is 282 g/mol. The first-order valence-corrected chi connectivity index (χ1v) is 6.90. The van der Waals surface area contributed by atoms with Crippen molar-refractivity contribution in [2.24, 2.45) is 0 Å². The Balaban J connectivity index is 1.78. The molecule has 7 nitrogen and oxygen atoms in total. The van der Waals surface area contributed by atoms with Crippen LogP contribution in [0, 0.1) is 0 Å². The molecule has 3 aromatic rings. The summed E-state index contributed by atoms with van der Waals surface area (Å²) in [5.74, 6) is 0.526. The zero-order valence-electron chi connectivity index (χ0n) is 11.3. The Morgan fingerprint density at radius 3 is 3.14 bits per heavy atom. The number of pyridine rings is 1. The maximum absolute atomic E-state index is 12.1. The summed E-state index contributed by atoms with van der Waals surface area (Å²) in [6.07, 6.45) is 7.91. The first kappa shape index (κ1) is 12.2. The lowest BCUT2D eigenvalue weighted by atomic mass is 10.2. The Labute approximate surface area is 120 Å². The molecule has 1 saturated heterocycles. The first-order valence-electron chi connectivity index (χ1n) is 6.90. The molecule has 106 valence electrons. The van der Waals surface area contributed by atoms with Crippen molar-refractivity contribution in [1.82, 2.24) is 30.0 Å². The molecule has 0 aromatic carbocycles. The number of hydrogen-bond donors (Lipinski definition) is 2. The van der Waals surface area contributed by atoms with Gasteiger partial charge in [0.2, 0.25) is 0 Å². The van der Waals surface area contributed by atoms with E-state index in [4.69, 9.17) is 0 Å². The molecule has 4 rings (SSSR count). The molecule has 0 aliphatic carbocycles. The number of rotatable bonds is 2. The molecular weight excluding hydrogens is 268 g/mol. The third kappa shape index (κ3) is 2.11. The molecule has 0 amide bonds. The van der Waals surface area contributed by atoms with Crippen LogP contribution in [0.4, 0.5) is 0 Å². The van der Waals surface area contributed by atoms with E-state index in [1.54, 1.807) is 24.7 Å². The van der Waals surface area contributed by atoms with Crippen LogP contribution in [0.25, 0.3) is 22.3 Å². The van der Waals surface area contributed by atoms with Crippen molar-refractivity contribution in [2.45, 2.75) is 12.5 Å². The number of aromatic nitrogens is 5. The zero-order chi connectivity index (χ0) is 14.2. The van der Waals surface area contributed by atoms with Gasteiger partial charge in [0.05, 0.1) is 34.9 Å². The lowest BCUT2D eigenvalue weighted by molar-refractivity contribution is 0.491. The zero-order valence-corrected chi connectivity index (χ0v) is 11.3. The first-order chi connectivity index (χ1) is 10.3. The fourth-order valence-electron chi connectivity index (χ4n) is 2.65. The Bertz CT molecular complexity index is 846. The second-order valence-electron chi connectivity index (χ2n) is 5.16. The van der Waals surface area contributed by atoms with Gasteiger partial charge in [-0.3, -0.25) is 14.5 Å². The molecule has 0 radical (unpaired) electrons. The van der Waals surface area contributed by atoms with E-state index < -0.39 is 0 Å². The van der Waals surface area contributed by atoms with Gasteiger partial charge in [0.25, 0.3) is 5.56 Å². The van der Waals surface area contributed by atoms with Crippen LogP contribution in [0.2, 0.25) is 0 Å². The van der Waals surface area contributed by atoms with Gasteiger partial charge in [0.15, 0.2) is 0 Å². The number of nitrogens with one attached hydrogen (secondary N) is 2. The summed E-state index contributed by atoms with van der Waals surface area (Å²) in [5, 5.41) is 8.24. The molecule has 21 heavy (non-hydrogen) atoms. The number of nitrogens with zero attached hydrogens (tertiary/aromatic N) is 4. The molecular formula is C14H14N6O. The Morgan fingerprint density at radius 1 is 1.33 bits per heavy atom. The van der Waals surface area contributed by atoms with E-state index >= 15 is 0 Å². The highest BCUT2D eigenvalue weighted by molar-refractivity contribution is 5.78. The fourth-order valence-corrected chi connectivity index (χ4v) is 2.65. The highest BCUT2D eigenvalue weighted by Gasteiger charge is 2.18. The fraction of sp³-hybridized carbons (Fsp3) is 0.286. The summed E-state index contributed by atoms with van der Waals surface area (Å²) >= 11 is 0. The van der Waals surface area contributed by atoms with Crippen LogP contribution in [-0.4, -0.2) is 37.8 Å². The van der Waals surface area contributed by atoms with Gasteiger partial charge in [-0.2, -0.15) is 5.10 Å². The number of fused-ring (bicyclic) bond motifs is 1. The van der Waals surface area contributed by atoms with E-state index in [0.29, 0.717) is 22.8 Å². The summed E-state index contributed by atoms with van der Waals surface area (Å²) in [4.78, 5) is 23.4. The van der Waals surface area contributed by atoms with Crippen molar-refractivity contribution in [3.05, 3.63) is 41.2 Å². The summed E-state index contributed by atoms with van der Waals surface area (Å²) in [6, 6.07) is 2.03. The van der Waals surface area contributed by atoms with E-state index in [1.165, 1.54) is 0 Å². The quantitative estimate of drug-likeness (QED) is 0.723. The molecule has 0 unspecified atom stereocenters. The van der Waals surface area contributed by atoms with E-state index in [9.17, 15) is 4.79 Å². The maximum Gasteiger partial charge on any atom is 0.259 e. The SMILES string of the molecule is O=c1[nH]c(-c2cnn([C@H]3CCNC3)c2)nc2cnccc12. The summed E-state index contributed by atoms with van der Waals surface area (Å²) in [6.45, 7) is 1.93. The van der Waals surface area contributed by atoms with Crippen LogP contribution in [0.15, 0.2) is 35.6 Å². The van der Waals surface area contributed by atoms with Crippen molar-refractivity contribution in [3.8, 4) is 11.4 Å². The van der Waals surface area contributed by atoms with Crippen molar-refractivity contribution in [3.63, 3.8) is 0 Å². The normalized spacial score (nSPS) is 18.4. The van der Waals surface area contributed by atoms with E-state index in [0.717, 1.165) is 25.1 Å². The molecule has 1 aliphatic rings. The highest BCUT2D eigenvalue weighted by atomic mass is 16.1. The Morgan fingerprint density at radius 2 is 2.29 bits per heavy atom. The van der Waals surface area contributed by atoms with Crippen molar-refractivity contribution < 1.29 is 0 Å². The van der Waals surface area contributed by atoms with Crippen molar-refractivity contribution in [1.29, 1.82) is 0 Å². The highest BCUT2D eigenvalue weighted by Crippen LogP contribution is 2.19. The largest absolute Gasteiger partial charge is 0.315 e. The maximum atomic E-state index is 12.1. The van der Waals surface area contributed by atoms with Crippen molar-refractivity contribution >= 4 is 10.9 Å². The second kappa shape index (κ2) is 4.78. The van der Waals surface area contributed by atoms with Crippen LogP contribution < -0.4 is 10.9 Å². The van der Waals surface area contributed by atoms with Gasteiger partial charge < -0.3 is 10.3 Å². The van der Waals surface area contributed by atoms with Gasteiger partial charge in [0, 0.05) is 18.9 Å². The Kier molecular flexibility index (Phi) is 2.78. The van der Waals surface area contributed by atoms with Crippen LogP contribution in [-0.2, 0) is 0 Å². The smallest absolute Gasteiger partial charge is 0.259 e. The molecule has 0 bridgehead atoms. The van der Waals surface area contributed by atoms with Gasteiger partial charge >= 0.3 is 0 Å². The van der Waals surface area contributed by atoms with Crippen LogP contribution in [0.1, 0.15) is 12.5 Å². The molecule has 1 fully saturated rings. The lowest BCUT2D eigenvalue weighted by Crippen LogP contribution is -2.13. The molecule has 1 aliphatic heterocycles. The van der Waals surface area contributed by atoms with Crippen LogP contribution >= 0.6 is 0 Å². The number of aromatic amines is 1. The van der Waals surface area contributed by atoms with Gasteiger partial charge in [-0.15, -0.1) is 0 Å². The summed E-state index contributed by atoms with van der Waals surface area (Å²) in [5.41, 5.74) is 1.24. The minimum absolute atomic E-state index is 0.160. The predicted octanol–water partition coefficient (Wildman–Crippen LogP) is 0.716. The van der Waals surface area contributed by atoms with Crippen LogP contribution in [0.5, 0.6) is 0 Å². The summed E-state index contributed by atoms with van der Waals surface area (Å²) in [7, 11) is 0. The second-order valence-corrected chi connectivity index (χ2v) is 5.16. The predicted molar refractivity (Wildman–Crippen MR) is 77.9 cm³/mol. The molecule has 2 N–H and O–H groups in total. The number of hydrogen-bond acceptors (Lipinski definition) is 5. The molecule has 7 heteroatoms. The topological polar surface area (TPSA) is 88.5 Å². The van der Waals surface area contributed by atoms with Gasteiger partial charge in [0.1, 0.15) is 5.82 Å². The van der Waals surface area contributed by atoms with E-state index in [-0.39, 0.29) is 5.56 Å². The molecule has 0 saturated carbocycles. The third-order valence-electron chi connectivity index (χ3n) is 3.79. The van der Waals surface area contributed by atoms with Crippen LogP contribution in [0.3, 0.4) is 0 Å². The third-order valence-corrected chi connectivity index (χ3v) is 3.79. The lowest BCUT2D eigenvalue weighted by Gasteiger charge is -2.07. The molecule has 1 atom stereocenters. The molecule has 4 heterocycles. The minimum atomic E-state index is -0.160. The standard InChI is InChI=1S/C14H14N6O/c21-14-11-2-4-16-7-12(11)18-13(19-14)9-5-17-20(8-9)10-1-3-15-6-10/h2,4-5,7-8,10,15H,1,3,6H2,(H,18,19,21)/t10-/m0/s1. The Hall–Kier alpha value is -2.54. The number of H-pyrrole nitrogens is 1. The monoisotopic (exact) mass is 282 g/mol. The summed E-state index contributed by atoms with van der Waals surface area (Å²) < 4.78 is 1.93. The van der Waals surface area contributed by atoms with Gasteiger partial charge in [-0.1, -0.05) is 0 Å². The van der Waals surface area contributed by atoms with Gasteiger partial charge in [-0.05, 0) is 19.0 Å². The van der Waals surface area contributed by atoms with Gasteiger partial charge in [-0.25, -0.2) is 4.98 Å². The average Bonchev–Trinajstić information content (AvgIpc) is 3.18. The minimum Gasteiger partial charge on any atom is -0.315 e. The van der Waals surface area contributed by atoms with E-state index in [1.807, 2.05) is 10.9 Å². The van der Waals surface area contributed by atoms with E-state index in [2.05, 4.69) is 25.4 Å².